The van der Waals surface area contributed by atoms with Crippen molar-refractivity contribution >= 4 is 5.78 Å². The van der Waals surface area contributed by atoms with Gasteiger partial charge in [0.05, 0.1) is 18.8 Å². The van der Waals surface area contributed by atoms with E-state index in [0.29, 0.717) is 43.7 Å². The highest BCUT2D eigenvalue weighted by atomic mass is 16.7. The van der Waals surface area contributed by atoms with Crippen LogP contribution in [0, 0.1) is 28.6 Å². The van der Waals surface area contributed by atoms with Crippen molar-refractivity contribution in [3.8, 4) is 0 Å². The lowest BCUT2D eigenvalue weighted by Crippen LogP contribution is -2.62. The van der Waals surface area contributed by atoms with Gasteiger partial charge in [-0.3, -0.25) is 4.79 Å². The maximum absolute atomic E-state index is 12.7. The molecule has 3 saturated carbocycles. The zero-order chi connectivity index (χ0) is 18.4. The average molecular weight is 360 g/mol. The molecule has 1 aliphatic heterocycles. The van der Waals surface area contributed by atoms with Crippen LogP contribution in [0.1, 0.15) is 65.7 Å². The van der Waals surface area contributed by atoms with Gasteiger partial charge in [0.1, 0.15) is 5.78 Å². The van der Waals surface area contributed by atoms with E-state index in [0.717, 1.165) is 32.1 Å². The number of fused-ring (bicyclic) bond motifs is 5. The van der Waals surface area contributed by atoms with E-state index >= 15 is 0 Å². The van der Waals surface area contributed by atoms with Crippen LogP contribution in [-0.2, 0) is 14.3 Å². The molecule has 0 aromatic carbocycles. The average Bonchev–Trinajstić information content (AvgIpc) is 3.13. The molecule has 0 aromatic rings. The van der Waals surface area contributed by atoms with Gasteiger partial charge in [0.25, 0.3) is 0 Å². The highest BCUT2D eigenvalue weighted by Gasteiger charge is 2.66. The number of carbonyl (C=O) groups excluding carboxylic acids is 1. The van der Waals surface area contributed by atoms with E-state index in [1.807, 2.05) is 6.92 Å². The van der Waals surface area contributed by atoms with E-state index in [4.69, 9.17) is 9.47 Å². The van der Waals surface area contributed by atoms with Gasteiger partial charge in [-0.15, -0.1) is 0 Å². The number of ether oxygens (including phenoxy) is 2. The van der Waals surface area contributed by atoms with Gasteiger partial charge in [0.2, 0.25) is 0 Å². The number of carbonyl (C=O) groups is 1. The molecule has 1 heterocycles. The van der Waals surface area contributed by atoms with Gasteiger partial charge >= 0.3 is 0 Å². The molecule has 1 N–H and O–H groups in total. The normalized spacial score (nSPS) is 52.4. The summed E-state index contributed by atoms with van der Waals surface area (Å²) in [5.74, 6) is 0.999. The van der Waals surface area contributed by atoms with Crippen molar-refractivity contribution < 1.29 is 19.4 Å². The molecule has 5 unspecified atom stereocenters. The summed E-state index contributed by atoms with van der Waals surface area (Å²) < 4.78 is 12.0. The van der Waals surface area contributed by atoms with Crippen LogP contribution in [0.15, 0.2) is 11.6 Å². The Morgan fingerprint density at radius 3 is 2.58 bits per heavy atom. The lowest BCUT2D eigenvalue weighted by atomic mass is 9.44. The second kappa shape index (κ2) is 5.21. The van der Waals surface area contributed by atoms with Crippen molar-refractivity contribution in [3.63, 3.8) is 0 Å². The molecule has 5 rings (SSSR count). The zero-order valence-corrected chi connectivity index (χ0v) is 16.3. The van der Waals surface area contributed by atoms with Gasteiger partial charge in [-0.25, -0.2) is 0 Å². The molecule has 4 fully saturated rings. The van der Waals surface area contributed by atoms with Crippen LogP contribution in [0.5, 0.6) is 0 Å². The summed E-state index contributed by atoms with van der Waals surface area (Å²) in [7, 11) is 0. The first-order valence-corrected chi connectivity index (χ1v) is 10.4. The fourth-order valence-corrected chi connectivity index (χ4v) is 7.89. The number of allylic oxidation sites excluding steroid dienone is 1. The quantitative estimate of drug-likeness (QED) is 0.670. The van der Waals surface area contributed by atoms with E-state index in [2.05, 4.69) is 19.9 Å². The van der Waals surface area contributed by atoms with Crippen molar-refractivity contribution in [2.24, 2.45) is 28.6 Å². The Morgan fingerprint density at radius 2 is 1.85 bits per heavy atom. The smallest absolute Gasteiger partial charge is 0.172 e. The molecule has 1 saturated heterocycles. The SMILES string of the molecule is CC12C[C@](C)(O)C3C(CC=C4CC5(CCC43C)OCCO5)C1CCC2=O. The number of aliphatic hydroxyl groups is 1. The number of Topliss-reactive ketones (excluding diaryl/α,β-unsaturated/α-hetero) is 1. The van der Waals surface area contributed by atoms with Crippen LogP contribution in [0.4, 0.5) is 0 Å². The minimum atomic E-state index is -0.800. The van der Waals surface area contributed by atoms with Crippen molar-refractivity contribution in [1.29, 1.82) is 0 Å². The van der Waals surface area contributed by atoms with Gasteiger partial charge in [-0.1, -0.05) is 25.5 Å². The maximum atomic E-state index is 12.7. The standard InChI is InChI=1S/C22H32O4/c1-19-8-9-22(25-10-11-26-22)12-14(19)4-5-15-16-6-7-17(23)20(16,2)13-21(3,24)18(15)19/h4,15-16,18,24H,5-13H2,1-3H3/t15?,16?,18?,19?,20?,21-/m0/s1. The van der Waals surface area contributed by atoms with Gasteiger partial charge in [0, 0.05) is 24.7 Å². The van der Waals surface area contributed by atoms with Crippen molar-refractivity contribution in [3.05, 3.63) is 11.6 Å². The van der Waals surface area contributed by atoms with Gasteiger partial charge in [0.15, 0.2) is 5.79 Å². The number of rotatable bonds is 0. The number of hydrogen-bond acceptors (Lipinski definition) is 4. The second-order valence-corrected chi connectivity index (χ2v) is 10.3. The molecule has 4 heteroatoms. The van der Waals surface area contributed by atoms with Gasteiger partial charge < -0.3 is 14.6 Å². The first-order chi connectivity index (χ1) is 12.2. The first-order valence-electron chi connectivity index (χ1n) is 10.4. The van der Waals surface area contributed by atoms with Crippen LogP contribution in [0.2, 0.25) is 0 Å². The van der Waals surface area contributed by atoms with Crippen molar-refractivity contribution in [1.82, 2.24) is 0 Å². The summed E-state index contributed by atoms with van der Waals surface area (Å²) in [6.45, 7) is 7.85. The third-order valence-electron chi connectivity index (χ3n) is 8.83. The monoisotopic (exact) mass is 360 g/mol. The Balaban J connectivity index is 1.55. The van der Waals surface area contributed by atoms with E-state index in [-0.39, 0.29) is 16.7 Å². The van der Waals surface area contributed by atoms with Crippen LogP contribution in [-0.4, -0.2) is 35.5 Å². The molecule has 6 atom stereocenters. The summed E-state index contributed by atoms with van der Waals surface area (Å²) in [6.07, 6.45) is 8.44. The number of hydrogen-bond donors (Lipinski definition) is 1. The molecule has 4 aliphatic carbocycles. The van der Waals surface area contributed by atoms with E-state index in [1.165, 1.54) is 5.57 Å². The molecular weight excluding hydrogens is 328 g/mol. The van der Waals surface area contributed by atoms with Crippen molar-refractivity contribution in [2.45, 2.75) is 77.1 Å². The van der Waals surface area contributed by atoms with Gasteiger partial charge in [-0.2, -0.15) is 0 Å². The zero-order valence-electron chi connectivity index (χ0n) is 16.3. The number of ketones is 1. The Labute approximate surface area is 156 Å². The summed E-state index contributed by atoms with van der Waals surface area (Å²) in [5, 5.41) is 11.6. The van der Waals surface area contributed by atoms with Gasteiger partial charge in [-0.05, 0) is 55.8 Å². The summed E-state index contributed by atoms with van der Waals surface area (Å²) in [5.41, 5.74) is 0.270. The molecule has 0 amide bonds. The fourth-order valence-electron chi connectivity index (χ4n) is 7.89. The first kappa shape index (κ1) is 17.4. The Bertz CT molecular complexity index is 674. The fraction of sp³-hybridized carbons (Fsp3) is 0.864. The van der Waals surface area contributed by atoms with Crippen LogP contribution >= 0.6 is 0 Å². The Hall–Kier alpha value is -0.710. The summed E-state index contributed by atoms with van der Waals surface area (Å²) >= 11 is 0. The topological polar surface area (TPSA) is 55.8 Å². The molecule has 5 aliphatic rings. The summed E-state index contributed by atoms with van der Waals surface area (Å²) in [6, 6.07) is 0. The predicted molar refractivity (Wildman–Crippen MR) is 97.4 cm³/mol. The minimum absolute atomic E-state index is 0.0139. The molecule has 0 bridgehead atoms. The maximum Gasteiger partial charge on any atom is 0.172 e. The van der Waals surface area contributed by atoms with Crippen LogP contribution < -0.4 is 0 Å². The molecule has 0 aromatic heterocycles. The molecule has 144 valence electrons. The minimum Gasteiger partial charge on any atom is -0.390 e. The Morgan fingerprint density at radius 1 is 1.12 bits per heavy atom. The summed E-state index contributed by atoms with van der Waals surface area (Å²) in [4.78, 5) is 12.7. The molecule has 1 spiro atoms. The molecule has 26 heavy (non-hydrogen) atoms. The Kier molecular flexibility index (Phi) is 3.48. The van der Waals surface area contributed by atoms with E-state index in [9.17, 15) is 9.90 Å². The van der Waals surface area contributed by atoms with E-state index in [1.54, 1.807) is 0 Å². The molecular formula is C22H32O4. The van der Waals surface area contributed by atoms with E-state index < -0.39 is 11.4 Å². The molecule has 4 nitrogen and oxygen atoms in total. The second-order valence-electron chi connectivity index (χ2n) is 10.3. The highest BCUT2D eigenvalue weighted by molar-refractivity contribution is 5.87. The third kappa shape index (κ3) is 2.10. The van der Waals surface area contributed by atoms with Crippen LogP contribution in [0.25, 0.3) is 0 Å². The molecule has 0 radical (unpaired) electrons. The predicted octanol–water partition coefficient (Wildman–Crippen LogP) is 3.62. The van der Waals surface area contributed by atoms with Crippen molar-refractivity contribution in [2.75, 3.05) is 13.2 Å². The largest absolute Gasteiger partial charge is 0.390 e. The highest BCUT2D eigenvalue weighted by Crippen LogP contribution is 2.67. The lowest BCUT2D eigenvalue weighted by molar-refractivity contribution is -0.207. The lowest BCUT2D eigenvalue weighted by Gasteiger charge is -2.62. The third-order valence-corrected chi connectivity index (χ3v) is 8.83. The van der Waals surface area contributed by atoms with Crippen LogP contribution in [0.3, 0.4) is 0 Å².